The van der Waals surface area contributed by atoms with E-state index in [4.69, 9.17) is 0 Å². The van der Waals surface area contributed by atoms with Gasteiger partial charge >= 0.3 is 11.7 Å². The topological polar surface area (TPSA) is 80.0 Å². The fourth-order valence-corrected chi connectivity index (χ4v) is 7.02. The molecule has 2 aromatic rings. The third-order valence-electron chi connectivity index (χ3n) is 8.81. The number of likely N-dealkylation sites (tertiary alicyclic amines) is 2. The number of rotatable bonds is 5. The average molecular weight is 502 g/mol. The van der Waals surface area contributed by atoms with Gasteiger partial charge in [-0.05, 0) is 50.9 Å². The highest BCUT2D eigenvalue weighted by molar-refractivity contribution is 7.17. The molecule has 11 heteroatoms. The van der Waals surface area contributed by atoms with Gasteiger partial charge in [-0.3, -0.25) is 9.97 Å². The summed E-state index contributed by atoms with van der Waals surface area (Å²) in [7, 11) is 1.49. The molecule has 0 radical (unpaired) electrons. The summed E-state index contributed by atoms with van der Waals surface area (Å²) in [5.74, 6) is 2.08. The highest BCUT2D eigenvalue weighted by Gasteiger charge is 2.58. The number of amides is 2. The predicted molar refractivity (Wildman–Crippen MR) is 126 cm³/mol. The van der Waals surface area contributed by atoms with Crippen LogP contribution in [0.1, 0.15) is 67.7 Å². The van der Waals surface area contributed by atoms with E-state index in [1.807, 2.05) is 20.8 Å². The zero-order valence-corrected chi connectivity index (χ0v) is 20.8. The quantitative estimate of drug-likeness (QED) is 0.586. The summed E-state index contributed by atoms with van der Waals surface area (Å²) in [6, 6.07) is 0.620. The summed E-state index contributed by atoms with van der Waals surface area (Å²) in [5, 5.41) is 4.68. The van der Waals surface area contributed by atoms with Gasteiger partial charge in [-0.25, -0.2) is 14.5 Å². The Labute approximate surface area is 205 Å². The molecule has 0 aromatic carbocycles. The van der Waals surface area contributed by atoms with E-state index in [0.717, 1.165) is 69.8 Å². The number of carbonyl (C=O) groups excluding carboxylic acids is 1. The molecule has 8 nitrogen and oxygen atoms in total. The SMILES string of the molecule is O=C(N1CC2(CC(Cc3cnc(C(F)(F)P)cn3)C2)C1)N1CC2(CC(n3cnc(C4CC4)n3)C2)C1. The average Bonchev–Trinajstić information content (AvgIpc) is 3.44. The number of carbonyl (C=O) groups is 1. The van der Waals surface area contributed by atoms with Crippen LogP contribution in [-0.2, 0) is 12.1 Å². The number of alkyl halides is 2. The van der Waals surface area contributed by atoms with Gasteiger partial charge in [0.15, 0.2) is 5.82 Å². The minimum absolute atomic E-state index is 0.185. The number of urea groups is 1. The van der Waals surface area contributed by atoms with E-state index in [1.54, 1.807) is 0 Å². The van der Waals surface area contributed by atoms with Crippen LogP contribution in [0.15, 0.2) is 18.7 Å². The molecule has 0 N–H and O–H groups in total. The number of aromatic nitrogens is 5. The third kappa shape index (κ3) is 3.83. The molecule has 1 atom stereocenters. The monoisotopic (exact) mass is 501 g/mol. The highest BCUT2D eigenvalue weighted by atomic mass is 31.0. The minimum Gasteiger partial charge on any atom is -0.323 e. The molecule has 0 bridgehead atoms. The van der Waals surface area contributed by atoms with Crippen molar-refractivity contribution < 1.29 is 13.6 Å². The van der Waals surface area contributed by atoms with Crippen LogP contribution in [0.2, 0.25) is 0 Å². The van der Waals surface area contributed by atoms with Crippen LogP contribution in [0.5, 0.6) is 0 Å². The van der Waals surface area contributed by atoms with Gasteiger partial charge in [0.25, 0.3) is 0 Å². The number of hydrogen-bond acceptors (Lipinski definition) is 5. The van der Waals surface area contributed by atoms with Crippen molar-refractivity contribution in [1.29, 1.82) is 0 Å². The Morgan fingerprint density at radius 3 is 2.23 bits per heavy atom. The van der Waals surface area contributed by atoms with Gasteiger partial charge in [-0.1, -0.05) is 9.24 Å². The van der Waals surface area contributed by atoms with Crippen LogP contribution in [0, 0.1) is 16.7 Å². The largest absolute Gasteiger partial charge is 0.323 e. The first-order valence-electron chi connectivity index (χ1n) is 12.6. The molecule has 2 amide bonds. The summed E-state index contributed by atoms with van der Waals surface area (Å²) < 4.78 is 28.6. The lowest BCUT2D eigenvalue weighted by Crippen LogP contribution is -2.71. The normalized spacial score (nSPS) is 25.2. The van der Waals surface area contributed by atoms with Crippen molar-refractivity contribution in [3.05, 3.63) is 35.9 Å². The lowest BCUT2D eigenvalue weighted by Gasteiger charge is -2.63. The van der Waals surface area contributed by atoms with Crippen LogP contribution in [-0.4, -0.2) is 66.7 Å². The van der Waals surface area contributed by atoms with Crippen LogP contribution in [0.4, 0.5) is 13.6 Å². The first-order chi connectivity index (χ1) is 16.7. The smallest absolute Gasteiger partial charge is 0.320 e. The van der Waals surface area contributed by atoms with Gasteiger partial charge in [0.1, 0.15) is 12.0 Å². The summed E-state index contributed by atoms with van der Waals surface area (Å²) in [5.41, 5.74) is -2.07. The molecule has 3 aliphatic carbocycles. The lowest BCUT2D eigenvalue weighted by molar-refractivity contribution is -0.107. The van der Waals surface area contributed by atoms with Crippen LogP contribution >= 0.6 is 9.24 Å². The number of hydrogen-bond donors (Lipinski definition) is 0. The maximum absolute atomic E-state index is 13.3. The Balaban J connectivity index is 0.840. The highest BCUT2D eigenvalue weighted by Crippen LogP contribution is 2.56. The molecule has 5 fully saturated rings. The third-order valence-corrected chi connectivity index (χ3v) is 9.11. The molecule has 2 aliphatic heterocycles. The van der Waals surface area contributed by atoms with Crippen molar-refractivity contribution in [2.24, 2.45) is 16.7 Å². The second-order valence-electron chi connectivity index (χ2n) is 11.9. The molecule has 3 saturated carbocycles. The van der Waals surface area contributed by atoms with E-state index in [2.05, 4.69) is 20.1 Å². The van der Waals surface area contributed by atoms with E-state index in [9.17, 15) is 13.6 Å². The Hall–Kier alpha value is -2.22. The molecular weight excluding hydrogens is 471 g/mol. The molecular formula is C24H30F2N7OP. The molecule has 7 rings (SSSR count). The van der Waals surface area contributed by atoms with Crippen molar-refractivity contribution in [2.45, 2.75) is 62.6 Å². The van der Waals surface area contributed by atoms with Gasteiger partial charge in [0.05, 0.1) is 17.9 Å². The molecule has 35 heavy (non-hydrogen) atoms. The fraction of sp³-hybridized carbons (Fsp3) is 0.708. The van der Waals surface area contributed by atoms with Crippen molar-refractivity contribution in [2.75, 3.05) is 26.2 Å². The predicted octanol–water partition coefficient (Wildman–Crippen LogP) is 3.58. The minimum atomic E-state index is -3.04. The number of halogens is 2. The Kier molecular flexibility index (Phi) is 4.66. The molecule has 186 valence electrons. The van der Waals surface area contributed by atoms with Gasteiger partial charge in [0.2, 0.25) is 0 Å². The Morgan fingerprint density at radius 2 is 1.66 bits per heavy atom. The van der Waals surface area contributed by atoms with Crippen molar-refractivity contribution in [1.82, 2.24) is 34.5 Å². The Bertz CT molecular complexity index is 1130. The van der Waals surface area contributed by atoms with Gasteiger partial charge in [-0.2, -0.15) is 13.9 Å². The summed E-state index contributed by atoms with van der Waals surface area (Å²) in [6.45, 7) is 3.40. The van der Waals surface area contributed by atoms with E-state index < -0.39 is 5.66 Å². The first kappa shape index (κ1) is 22.0. The van der Waals surface area contributed by atoms with Crippen molar-refractivity contribution >= 4 is 15.3 Å². The zero-order valence-electron chi connectivity index (χ0n) is 19.6. The van der Waals surface area contributed by atoms with Crippen molar-refractivity contribution in [3.8, 4) is 0 Å². The van der Waals surface area contributed by atoms with Gasteiger partial charge in [-0.15, -0.1) is 0 Å². The number of nitrogens with zero attached hydrogens (tertiary/aromatic N) is 7. The molecule has 2 aromatic heterocycles. The van der Waals surface area contributed by atoms with Crippen LogP contribution < -0.4 is 0 Å². The van der Waals surface area contributed by atoms with E-state index in [-0.39, 0.29) is 22.6 Å². The summed E-state index contributed by atoms with van der Waals surface area (Å²) in [6.07, 6.45) is 12.0. The fourth-order valence-electron chi connectivity index (χ4n) is 6.87. The summed E-state index contributed by atoms with van der Waals surface area (Å²) >= 11 is 0. The van der Waals surface area contributed by atoms with Crippen molar-refractivity contribution in [3.63, 3.8) is 0 Å². The molecule has 4 heterocycles. The molecule has 2 spiro atoms. The molecule has 5 aliphatic rings. The Morgan fingerprint density at radius 1 is 1.00 bits per heavy atom. The van der Waals surface area contributed by atoms with Crippen LogP contribution in [0.3, 0.4) is 0 Å². The maximum atomic E-state index is 13.3. The van der Waals surface area contributed by atoms with Crippen LogP contribution in [0.25, 0.3) is 0 Å². The van der Waals surface area contributed by atoms with Gasteiger partial charge in [0, 0.05) is 49.1 Å². The second-order valence-corrected chi connectivity index (χ2v) is 12.6. The standard InChI is InChI=1S/C24H30F2N7OP/c25-24(26,35)19-9-27-17(8-28-19)3-15-4-22(5-15)10-31(11-22)21(34)32-12-23(13-32)6-18(7-23)33-14-29-20(30-33)16-1-2-16/h8-9,14-16,18H,1-7,10-13,35H2. The summed E-state index contributed by atoms with van der Waals surface area (Å²) in [4.78, 5) is 29.4. The lowest BCUT2D eigenvalue weighted by atomic mass is 9.56. The maximum Gasteiger partial charge on any atom is 0.320 e. The zero-order chi connectivity index (χ0) is 24.0. The van der Waals surface area contributed by atoms with Gasteiger partial charge < -0.3 is 9.80 Å². The first-order valence-corrected chi connectivity index (χ1v) is 13.2. The second kappa shape index (κ2) is 7.40. The van der Waals surface area contributed by atoms with E-state index in [1.165, 1.54) is 34.5 Å². The van der Waals surface area contributed by atoms with E-state index >= 15 is 0 Å². The molecule has 1 unspecified atom stereocenters. The van der Waals surface area contributed by atoms with E-state index in [0.29, 0.717) is 17.9 Å². The molecule has 2 saturated heterocycles.